The Hall–Kier alpha value is -3.38. The lowest BCUT2D eigenvalue weighted by atomic mass is 9.95. The molecule has 1 atom stereocenters. The van der Waals surface area contributed by atoms with Gasteiger partial charge < -0.3 is 19.5 Å². The molecule has 1 fully saturated rings. The fourth-order valence-electron chi connectivity index (χ4n) is 3.30. The lowest BCUT2D eigenvalue weighted by Crippen LogP contribution is -2.32. The number of nitrogens with zero attached hydrogens (tertiary/aromatic N) is 1. The summed E-state index contributed by atoms with van der Waals surface area (Å²) in [4.78, 5) is 26.9. The lowest BCUT2D eigenvalue weighted by Gasteiger charge is -2.25. The molecule has 0 radical (unpaired) electrons. The van der Waals surface area contributed by atoms with Gasteiger partial charge in [0.25, 0.3) is 11.7 Å². The Morgan fingerprint density at radius 2 is 1.83 bits per heavy atom. The summed E-state index contributed by atoms with van der Waals surface area (Å²) < 4.78 is 10.5. The zero-order chi connectivity index (χ0) is 20.8. The van der Waals surface area contributed by atoms with Gasteiger partial charge in [0.2, 0.25) is 0 Å². The maximum atomic E-state index is 12.8. The first-order chi connectivity index (χ1) is 14.1. The molecule has 29 heavy (non-hydrogen) atoms. The number of aliphatic hydroxyl groups excluding tert-OH is 1. The summed E-state index contributed by atoms with van der Waals surface area (Å²) in [7, 11) is 1.53. The zero-order valence-corrected chi connectivity index (χ0v) is 16.2. The number of likely N-dealkylation sites (tertiary alicyclic amines) is 1. The predicted molar refractivity (Wildman–Crippen MR) is 109 cm³/mol. The minimum Gasteiger partial charge on any atom is -0.507 e. The molecule has 0 saturated carbocycles. The van der Waals surface area contributed by atoms with Crippen molar-refractivity contribution in [2.75, 3.05) is 26.9 Å². The number of hydrogen-bond donors (Lipinski definition) is 1. The molecule has 150 valence electrons. The smallest absolute Gasteiger partial charge is 0.295 e. The SMILES string of the molecule is C=CCOc1ccc(/C(O)=C2\C(=O)C(=O)N(CCOC)C2c2ccccc2)cc1. The zero-order valence-electron chi connectivity index (χ0n) is 16.2. The first-order valence-electron chi connectivity index (χ1n) is 9.25. The molecule has 1 heterocycles. The molecular weight excluding hydrogens is 370 g/mol. The van der Waals surface area contributed by atoms with E-state index in [-0.39, 0.29) is 24.5 Å². The molecule has 1 N–H and O–H groups in total. The van der Waals surface area contributed by atoms with E-state index in [0.29, 0.717) is 17.9 Å². The minimum atomic E-state index is -0.709. The van der Waals surface area contributed by atoms with Gasteiger partial charge in [-0.25, -0.2) is 0 Å². The number of hydrogen-bond acceptors (Lipinski definition) is 5. The summed E-state index contributed by atoms with van der Waals surface area (Å²) in [6.45, 7) is 4.49. The predicted octanol–water partition coefficient (Wildman–Crippen LogP) is 3.32. The maximum Gasteiger partial charge on any atom is 0.295 e. The molecule has 0 aliphatic carbocycles. The molecular formula is C23H23NO5. The van der Waals surface area contributed by atoms with Gasteiger partial charge in [-0.1, -0.05) is 43.0 Å². The second-order valence-electron chi connectivity index (χ2n) is 6.52. The van der Waals surface area contributed by atoms with Crippen LogP contribution in [0.4, 0.5) is 0 Å². The molecule has 0 bridgehead atoms. The van der Waals surface area contributed by atoms with E-state index in [1.165, 1.54) is 12.0 Å². The molecule has 1 saturated heterocycles. The van der Waals surface area contributed by atoms with Gasteiger partial charge in [0.15, 0.2) is 0 Å². The third kappa shape index (κ3) is 4.22. The van der Waals surface area contributed by atoms with E-state index in [1.54, 1.807) is 30.3 Å². The Morgan fingerprint density at radius 3 is 2.45 bits per heavy atom. The van der Waals surface area contributed by atoms with E-state index in [0.717, 1.165) is 5.56 Å². The monoisotopic (exact) mass is 393 g/mol. The van der Waals surface area contributed by atoms with Crippen LogP contribution >= 0.6 is 0 Å². The number of benzene rings is 2. The van der Waals surface area contributed by atoms with Crippen LogP contribution in [-0.2, 0) is 14.3 Å². The van der Waals surface area contributed by atoms with Crippen LogP contribution in [-0.4, -0.2) is 48.6 Å². The summed E-state index contributed by atoms with van der Waals surface area (Å²) in [6.07, 6.45) is 1.63. The first kappa shape index (κ1) is 20.4. The Kier molecular flexibility index (Phi) is 6.46. The summed E-state index contributed by atoms with van der Waals surface area (Å²) >= 11 is 0. The topological polar surface area (TPSA) is 76.1 Å². The van der Waals surface area contributed by atoms with E-state index in [1.807, 2.05) is 30.3 Å². The van der Waals surface area contributed by atoms with Gasteiger partial charge in [0.05, 0.1) is 18.2 Å². The van der Waals surface area contributed by atoms with Crippen molar-refractivity contribution in [1.29, 1.82) is 0 Å². The molecule has 2 aromatic carbocycles. The van der Waals surface area contributed by atoms with Gasteiger partial charge in [-0.15, -0.1) is 0 Å². The van der Waals surface area contributed by atoms with E-state index in [2.05, 4.69) is 6.58 Å². The fraction of sp³-hybridized carbons (Fsp3) is 0.217. The Morgan fingerprint density at radius 1 is 1.14 bits per heavy atom. The Bertz CT molecular complexity index is 918. The number of ether oxygens (including phenoxy) is 2. The quantitative estimate of drug-likeness (QED) is 0.322. The van der Waals surface area contributed by atoms with Crippen molar-refractivity contribution in [2.24, 2.45) is 0 Å². The molecule has 3 rings (SSSR count). The van der Waals surface area contributed by atoms with Crippen molar-refractivity contribution in [3.8, 4) is 5.75 Å². The van der Waals surface area contributed by atoms with Gasteiger partial charge >= 0.3 is 0 Å². The van der Waals surface area contributed by atoms with Crippen LogP contribution in [0, 0.1) is 0 Å². The third-order valence-corrected chi connectivity index (χ3v) is 4.69. The maximum absolute atomic E-state index is 12.8. The van der Waals surface area contributed by atoms with E-state index in [9.17, 15) is 14.7 Å². The van der Waals surface area contributed by atoms with Gasteiger partial charge in [-0.05, 0) is 29.8 Å². The second kappa shape index (κ2) is 9.21. The average molecular weight is 393 g/mol. The van der Waals surface area contributed by atoms with Crippen LogP contribution in [0.15, 0.2) is 72.8 Å². The number of carbonyl (C=O) groups is 2. The van der Waals surface area contributed by atoms with Gasteiger partial charge in [0, 0.05) is 19.2 Å². The van der Waals surface area contributed by atoms with Crippen LogP contribution in [0.5, 0.6) is 5.75 Å². The summed E-state index contributed by atoms with van der Waals surface area (Å²) in [5.41, 5.74) is 1.24. The van der Waals surface area contributed by atoms with Gasteiger partial charge in [-0.2, -0.15) is 0 Å². The number of rotatable bonds is 8. The van der Waals surface area contributed by atoms with E-state index in [4.69, 9.17) is 9.47 Å². The largest absolute Gasteiger partial charge is 0.507 e. The lowest BCUT2D eigenvalue weighted by molar-refractivity contribution is -0.140. The van der Waals surface area contributed by atoms with Crippen molar-refractivity contribution in [2.45, 2.75) is 6.04 Å². The second-order valence-corrected chi connectivity index (χ2v) is 6.52. The highest BCUT2D eigenvalue weighted by atomic mass is 16.5. The summed E-state index contributed by atoms with van der Waals surface area (Å²) in [5, 5.41) is 10.9. The minimum absolute atomic E-state index is 0.0667. The molecule has 0 spiro atoms. The van der Waals surface area contributed by atoms with Crippen molar-refractivity contribution < 1.29 is 24.2 Å². The fourth-order valence-corrected chi connectivity index (χ4v) is 3.30. The number of methoxy groups -OCH3 is 1. The molecule has 1 amide bonds. The number of ketones is 1. The van der Waals surface area contributed by atoms with Gasteiger partial charge in [-0.3, -0.25) is 9.59 Å². The number of Topliss-reactive ketones (excluding diaryl/α,β-unsaturated/α-hetero) is 1. The van der Waals surface area contributed by atoms with Gasteiger partial charge in [0.1, 0.15) is 18.1 Å². The molecule has 1 unspecified atom stereocenters. The van der Waals surface area contributed by atoms with Crippen LogP contribution < -0.4 is 4.74 Å². The average Bonchev–Trinajstić information content (AvgIpc) is 3.01. The number of aliphatic hydroxyl groups is 1. The summed E-state index contributed by atoms with van der Waals surface area (Å²) in [6, 6.07) is 15.2. The molecule has 2 aromatic rings. The van der Waals surface area contributed by atoms with Crippen molar-refractivity contribution in [3.63, 3.8) is 0 Å². The third-order valence-electron chi connectivity index (χ3n) is 4.69. The summed E-state index contributed by atoms with van der Waals surface area (Å²) in [5.74, 6) is -0.961. The highest BCUT2D eigenvalue weighted by molar-refractivity contribution is 6.46. The molecule has 1 aliphatic heterocycles. The number of carbonyl (C=O) groups excluding carboxylic acids is 2. The molecule has 6 heteroatoms. The van der Waals surface area contributed by atoms with Crippen LogP contribution in [0.25, 0.3) is 5.76 Å². The normalized spacial score (nSPS) is 18.1. The highest BCUT2D eigenvalue weighted by Crippen LogP contribution is 2.39. The molecule has 1 aliphatic rings. The molecule has 0 aromatic heterocycles. The standard InChI is InChI=1S/C23H23NO5/c1-3-14-29-18-11-9-17(10-12-18)21(25)19-20(16-7-5-4-6-8-16)24(13-15-28-2)23(27)22(19)26/h3-12,20,25H,1,13-15H2,2H3/b21-19+. The van der Waals surface area contributed by atoms with Crippen LogP contribution in [0.1, 0.15) is 17.2 Å². The van der Waals surface area contributed by atoms with Crippen molar-refractivity contribution in [1.82, 2.24) is 4.90 Å². The van der Waals surface area contributed by atoms with Crippen molar-refractivity contribution >= 4 is 17.4 Å². The van der Waals surface area contributed by atoms with Crippen LogP contribution in [0.2, 0.25) is 0 Å². The highest BCUT2D eigenvalue weighted by Gasteiger charge is 2.45. The Labute approximate surface area is 169 Å². The number of amides is 1. The Balaban J connectivity index is 2.04. The first-order valence-corrected chi connectivity index (χ1v) is 9.25. The van der Waals surface area contributed by atoms with Crippen molar-refractivity contribution in [3.05, 3.63) is 84.0 Å². The van der Waals surface area contributed by atoms with E-state index >= 15 is 0 Å². The molecule has 6 nitrogen and oxygen atoms in total. The van der Waals surface area contributed by atoms with E-state index < -0.39 is 17.7 Å². The van der Waals surface area contributed by atoms with Crippen LogP contribution in [0.3, 0.4) is 0 Å².